The van der Waals surface area contributed by atoms with Crippen LogP contribution >= 0.6 is 24.8 Å². The van der Waals surface area contributed by atoms with Crippen molar-refractivity contribution in [1.82, 2.24) is 0 Å². The molecule has 4 aromatic rings. The number of halogens is 2. The Morgan fingerprint density at radius 1 is 0.706 bits per heavy atom. The maximum Gasteiger partial charge on any atom is 0.135 e. The summed E-state index contributed by atoms with van der Waals surface area (Å²) in [5, 5.41) is 15.9. The highest BCUT2D eigenvalue weighted by Crippen LogP contribution is 2.29. The minimum absolute atomic E-state index is 0. The number of amidine groups is 2. The Morgan fingerprint density at radius 2 is 1.24 bits per heavy atom. The van der Waals surface area contributed by atoms with Crippen LogP contribution in [0.15, 0.2) is 77.2 Å². The number of ether oxygens (including phenoxy) is 2. The number of rotatable bonds is 9. The molecule has 0 fully saturated rings. The molecule has 6 N–H and O–H groups in total. The van der Waals surface area contributed by atoms with Crippen LogP contribution in [0.2, 0.25) is 0 Å². The number of benzene rings is 3. The third-order valence-corrected chi connectivity index (χ3v) is 4.96. The number of hydrogen-bond acceptors (Lipinski definition) is 5. The lowest BCUT2D eigenvalue weighted by Gasteiger charge is -2.09. The Labute approximate surface area is 209 Å². The number of nitrogens with one attached hydrogen (secondary N) is 2. The summed E-state index contributed by atoms with van der Waals surface area (Å²) >= 11 is 0. The second-order valence-electron chi connectivity index (χ2n) is 7.29. The fourth-order valence-corrected chi connectivity index (χ4v) is 3.23. The van der Waals surface area contributed by atoms with Gasteiger partial charge < -0.3 is 25.4 Å². The molecule has 1 aromatic heterocycles. The van der Waals surface area contributed by atoms with E-state index in [-0.39, 0.29) is 36.5 Å². The Bertz CT molecular complexity index is 1260. The molecule has 0 aliphatic rings. The highest BCUT2D eigenvalue weighted by molar-refractivity contribution is 5.98. The van der Waals surface area contributed by atoms with Crippen molar-refractivity contribution in [3.8, 4) is 22.8 Å². The zero-order valence-corrected chi connectivity index (χ0v) is 19.9. The maximum atomic E-state index is 7.56. The van der Waals surface area contributed by atoms with Crippen LogP contribution in [0.5, 0.6) is 11.5 Å². The highest BCUT2D eigenvalue weighted by Gasteiger charge is 2.08. The van der Waals surface area contributed by atoms with Crippen LogP contribution in [0.25, 0.3) is 22.3 Å². The summed E-state index contributed by atoms with van der Waals surface area (Å²) in [5.41, 5.74) is 13.9. The highest BCUT2D eigenvalue weighted by atomic mass is 35.5. The molecule has 0 saturated carbocycles. The van der Waals surface area contributed by atoms with Crippen molar-refractivity contribution in [1.29, 1.82) is 10.8 Å². The fraction of sp³-hybridized carbons (Fsp3) is 0.120. The minimum atomic E-state index is 0. The molecule has 0 unspecified atom stereocenters. The van der Waals surface area contributed by atoms with E-state index < -0.39 is 0 Å². The SMILES string of the molecule is Cl.Cl.N=C(N)c1ccc(OCCCOc2ccc(-c3cc4ccc(C(=N)N)cc4o3)cc2)cc1. The molecule has 178 valence electrons. The van der Waals surface area contributed by atoms with E-state index >= 15 is 0 Å². The molecule has 0 radical (unpaired) electrons. The van der Waals surface area contributed by atoms with E-state index in [1.54, 1.807) is 30.3 Å². The normalized spacial score (nSPS) is 10.1. The quantitative estimate of drug-likeness (QED) is 0.139. The number of fused-ring (bicyclic) bond motifs is 1. The lowest BCUT2D eigenvalue weighted by atomic mass is 10.1. The molecule has 9 heteroatoms. The molecular weight excluding hydrogens is 475 g/mol. The van der Waals surface area contributed by atoms with Crippen LogP contribution in [0.4, 0.5) is 0 Å². The van der Waals surface area contributed by atoms with Crippen LogP contribution in [0.1, 0.15) is 17.5 Å². The Kier molecular flexibility index (Phi) is 9.36. The van der Waals surface area contributed by atoms with Gasteiger partial charge in [-0.1, -0.05) is 12.1 Å². The number of hydrogen-bond donors (Lipinski definition) is 4. The van der Waals surface area contributed by atoms with Crippen LogP contribution in [-0.4, -0.2) is 24.9 Å². The molecule has 0 spiro atoms. The maximum absolute atomic E-state index is 7.56. The van der Waals surface area contributed by atoms with Gasteiger partial charge in [-0.15, -0.1) is 24.8 Å². The van der Waals surface area contributed by atoms with Crippen molar-refractivity contribution >= 4 is 47.5 Å². The van der Waals surface area contributed by atoms with Gasteiger partial charge in [0.15, 0.2) is 0 Å². The van der Waals surface area contributed by atoms with Crippen LogP contribution in [0, 0.1) is 10.8 Å². The first-order valence-corrected chi connectivity index (χ1v) is 10.2. The fourth-order valence-electron chi connectivity index (χ4n) is 3.23. The van der Waals surface area contributed by atoms with Crippen molar-refractivity contribution < 1.29 is 13.9 Å². The molecule has 0 saturated heterocycles. The summed E-state index contributed by atoms with van der Waals surface area (Å²) in [6, 6.07) is 22.3. The molecular formula is C25H26Cl2N4O3. The molecule has 0 amide bonds. The monoisotopic (exact) mass is 500 g/mol. The molecule has 4 rings (SSSR count). The average Bonchev–Trinajstić information content (AvgIpc) is 3.23. The molecule has 0 aliphatic carbocycles. The van der Waals surface area contributed by atoms with Gasteiger partial charge >= 0.3 is 0 Å². The first-order chi connectivity index (χ1) is 15.5. The summed E-state index contributed by atoms with van der Waals surface area (Å²) in [5.74, 6) is 2.31. The second kappa shape index (κ2) is 12.0. The van der Waals surface area contributed by atoms with Crippen LogP contribution < -0.4 is 20.9 Å². The lowest BCUT2D eigenvalue weighted by molar-refractivity contribution is 0.247. The Hall–Kier alpha value is -3.68. The Morgan fingerprint density at radius 3 is 1.79 bits per heavy atom. The largest absolute Gasteiger partial charge is 0.493 e. The molecule has 0 atom stereocenters. The number of nitrogen functional groups attached to an aromatic ring is 2. The third kappa shape index (κ3) is 6.43. The van der Waals surface area contributed by atoms with E-state index in [4.69, 9.17) is 36.2 Å². The Balaban J connectivity index is 0.00000204. The van der Waals surface area contributed by atoms with Gasteiger partial charge in [0.25, 0.3) is 0 Å². The molecule has 3 aromatic carbocycles. The minimum Gasteiger partial charge on any atom is -0.493 e. The zero-order chi connectivity index (χ0) is 22.5. The third-order valence-electron chi connectivity index (χ3n) is 4.96. The topological polar surface area (TPSA) is 131 Å². The summed E-state index contributed by atoms with van der Waals surface area (Å²) < 4.78 is 17.4. The lowest BCUT2D eigenvalue weighted by Crippen LogP contribution is -2.10. The van der Waals surface area contributed by atoms with E-state index in [1.165, 1.54) is 0 Å². The van der Waals surface area contributed by atoms with Gasteiger partial charge in [0.1, 0.15) is 34.5 Å². The molecule has 7 nitrogen and oxygen atoms in total. The van der Waals surface area contributed by atoms with Crippen LogP contribution in [-0.2, 0) is 0 Å². The van der Waals surface area contributed by atoms with Gasteiger partial charge in [0.05, 0.1) is 13.2 Å². The predicted octanol–water partition coefficient (Wildman–Crippen LogP) is 5.36. The van der Waals surface area contributed by atoms with Crippen molar-refractivity contribution in [2.45, 2.75) is 6.42 Å². The standard InChI is InChI=1S/C25H24N4O3.2ClH/c26-24(27)17-6-10-21(11-7-17)31-13-1-12-30-20-8-4-16(5-9-20)22-14-18-2-3-19(25(28)29)15-23(18)32-22;;/h2-11,14-15H,1,12-13H2,(H3,26,27)(H3,28,29);2*1H. The molecule has 0 aliphatic heterocycles. The van der Waals surface area contributed by atoms with Gasteiger partial charge in [-0.3, -0.25) is 10.8 Å². The number of furan rings is 1. The van der Waals surface area contributed by atoms with E-state index in [1.807, 2.05) is 42.5 Å². The van der Waals surface area contributed by atoms with E-state index in [0.29, 0.717) is 29.9 Å². The smallest absolute Gasteiger partial charge is 0.135 e. The zero-order valence-electron chi connectivity index (χ0n) is 18.2. The molecule has 34 heavy (non-hydrogen) atoms. The predicted molar refractivity (Wildman–Crippen MR) is 140 cm³/mol. The van der Waals surface area contributed by atoms with Gasteiger partial charge in [-0.25, -0.2) is 0 Å². The van der Waals surface area contributed by atoms with Crippen molar-refractivity contribution in [2.24, 2.45) is 11.5 Å². The van der Waals surface area contributed by atoms with Crippen molar-refractivity contribution in [3.05, 3.63) is 83.9 Å². The summed E-state index contributed by atoms with van der Waals surface area (Å²) in [6.07, 6.45) is 0.734. The van der Waals surface area contributed by atoms with Crippen molar-refractivity contribution in [2.75, 3.05) is 13.2 Å². The van der Waals surface area contributed by atoms with E-state index in [9.17, 15) is 0 Å². The van der Waals surface area contributed by atoms with E-state index in [2.05, 4.69) is 0 Å². The first-order valence-electron chi connectivity index (χ1n) is 10.2. The van der Waals surface area contributed by atoms with E-state index in [0.717, 1.165) is 34.6 Å². The number of nitrogens with two attached hydrogens (primary N) is 2. The summed E-state index contributed by atoms with van der Waals surface area (Å²) in [6.45, 7) is 1.06. The first kappa shape index (κ1) is 26.6. The second-order valence-corrected chi connectivity index (χ2v) is 7.29. The van der Waals surface area contributed by atoms with Gasteiger partial charge in [0, 0.05) is 28.5 Å². The van der Waals surface area contributed by atoms with Gasteiger partial charge in [-0.2, -0.15) is 0 Å². The summed E-state index contributed by atoms with van der Waals surface area (Å²) in [4.78, 5) is 0. The van der Waals surface area contributed by atoms with Gasteiger partial charge in [-0.05, 0) is 60.7 Å². The average molecular weight is 501 g/mol. The van der Waals surface area contributed by atoms with Crippen LogP contribution in [0.3, 0.4) is 0 Å². The van der Waals surface area contributed by atoms with Gasteiger partial charge in [0.2, 0.25) is 0 Å². The molecule has 1 heterocycles. The summed E-state index contributed by atoms with van der Waals surface area (Å²) in [7, 11) is 0. The van der Waals surface area contributed by atoms with Crippen molar-refractivity contribution in [3.63, 3.8) is 0 Å². The molecule has 0 bridgehead atoms.